The van der Waals surface area contributed by atoms with E-state index in [0.717, 1.165) is 36.2 Å². The number of carbonyl (C=O) groups is 2. The molecule has 0 aliphatic carbocycles. The van der Waals surface area contributed by atoms with Crippen molar-refractivity contribution in [1.82, 2.24) is 9.88 Å². The molecule has 8 nitrogen and oxygen atoms in total. The van der Waals surface area contributed by atoms with Gasteiger partial charge in [-0.05, 0) is 66.1 Å². The molecule has 0 atom stereocenters. The standard InChI is InChI=1S/C31H29FN4O4/c1-31(2)17-36(18-31)16-23-6-3-19-13-20(4-9-25(19)33-23)30(38)35-26-15-22(7-8-24(26)32)34-29(37)21-5-10-27-28(14-21)40-12-11-39-27/h3-10,13-15H,11-12,16-18H2,1-2H3,(H,34,37)(H,35,38). The molecule has 6 rings (SSSR count). The van der Waals surface area contributed by atoms with Crippen LogP contribution >= 0.6 is 0 Å². The van der Waals surface area contributed by atoms with E-state index < -0.39 is 17.6 Å². The molecule has 0 spiro atoms. The molecule has 0 radical (unpaired) electrons. The molecule has 4 aromatic rings. The third-order valence-electron chi connectivity index (χ3n) is 6.97. The summed E-state index contributed by atoms with van der Waals surface area (Å²) in [5.41, 5.74) is 3.16. The van der Waals surface area contributed by atoms with Gasteiger partial charge in [0.25, 0.3) is 11.8 Å². The Morgan fingerprint density at radius 2 is 1.60 bits per heavy atom. The van der Waals surface area contributed by atoms with Gasteiger partial charge in [-0.1, -0.05) is 19.9 Å². The second-order valence-corrected chi connectivity index (χ2v) is 11.0. The van der Waals surface area contributed by atoms with Crippen LogP contribution in [-0.2, 0) is 6.54 Å². The lowest BCUT2D eigenvalue weighted by molar-refractivity contribution is 0.0233. The number of carbonyl (C=O) groups excluding carboxylic acids is 2. The van der Waals surface area contributed by atoms with Gasteiger partial charge in [-0.25, -0.2) is 4.39 Å². The number of aromatic nitrogens is 1. The van der Waals surface area contributed by atoms with Gasteiger partial charge in [-0.2, -0.15) is 0 Å². The van der Waals surface area contributed by atoms with E-state index in [1.54, 1.807) is 36.4 Å². The first-order valence-corrected chi connectivity index (χ1v) is 13.2. The Hall–Kier alpha value is -4.50. The first-order valence-electron chi connectivity index (χ1n) is 13.2. The van der Waals surface area contributed by atoms with Gasteiger partial charge in [0.15, 0.2) is 11.5 Å². The van der Waals surface area contributed by atoms with Crippen LogP contribution in [0.1, 0.15) is 40.3 Å². The fourth-order valence-corrected chi connectivity index (χ4v) is 5.18. The van der Waals surface area contributed by atoms with E-state index in [2.05, 4.69) is 29.4 Å². The highest BCUT2D eigenvalue weighted by atomic mass is 19.1. The number of rotatable bonds is 6. The summed E-state index contributed by atoms with van der Waals surface area (Å²) in [7, 11) is 0. The van der Waals surface area contributed by atoms with Crippen LogP contribution < -0.4 is 20.1 Å². The Morgan fingerprint density at radius 3 is 2.40 bits per heavy atom. The van der Waals surface area contributed by atoms with E-state index in [0.29, 0.717) is 46.9 Å². The quantitative estimate of drug-likeness (QED) is 0.336. The highest BCUT2D eigenvalue weighted by Gasteiger charge is 2.33. The van der Waals surface area contributed by atoms with E-state index >= 15 is 0 Å². The van der Waals surface area contributed by atoms with Crippen LogP contribution in [0.15, 0.2) is 66.7 Å². The number of anilines is 2. The molecule has 2 amide bonds. The molecular weight excluding hydrogens is 511 g/mol. The third kappa shape index (κ3) is 5.46. The van der Waals surface area contributed by atoms with Crippen molar-refractivity contribution in [2.75, 3.05) is 36.9 Å². The summed E-state index contributed by atoms with van der Waals surface area (Å²) in [4.78, 5) is 32.9. The zero-order chi connectivity index (χ0) is 27.9. The summed E-state index contributed by atoms with van der Waals surface area (Å²) in [6, 6.07) is 18.0. The van der Waals surface area contributed by atoms with Crippen molar-refractivity contribution in [3.05, 3.63) is 89.4 Å². The topological polar surface area (TPSA) is 92.8 Å². The molecule has 1 saturated heterocycles. The highest BCUT2D eigenvalue weighted by molar-refractivity contribution is 6.07. The van der Waals surface area contributed by atoms with Crippen molar-refractivity contribution in [3.63, 3.8) is 0 Å². The number of ether oxygens (including phenoxy) is 2. The molecule has 9 heteroatoms. The van der Waals surface area contributed by atoms with E-state index in [9.17, 15) is 14.0 Å². The number of halogens is 1. The number of amides is 2. The lowest BCUT2D eigenvalue weighted by atomic mass is 9.84. The predicted octanol–water partition coefficient (Wildman–Crippen LogP) is 5.49. The molecule has 2 N–H and O–H groups in total. The van der Waals surface area contributed by atoms with Gasteiger partial charge in [0.1, 0.15) is 19.0 Å². The minimum atomic E-state index is -0.619. The highest BCUT2D eigenvalue weighted by Crippen LogP contribution is 2.32. The summed E-state index contributed by atoms with van der Waals surface area (Å²) in [5, 5.41) is 6.17. The lowest BCUT2D eigenvalue weighted by Gasteiger charge is -2.45. The number of likely N-dealkylation sites (tertiary alicyclic amines) is 1. The van der Waals surface area contributed by atoms with Crippen molar-refractivity contribution in [1.29, 1.82) is 0 Å². The minimum Gasteiger partial charge on any atom is -0.486 e. The number of pyridine rings is 1. The van der Waals surface area contributed by atoms with E-state index in [-0.39, 0.29) is 5.69 Å². The van der Waals surface area contributed by atoms with Crippen molar-refractivity contribution in [2.45, 2.75) is 20.4 Å². The molecule has 0 saturated carbocycles. The smallest absolute Gasteiger partial charge is 0.255 e. The van der Waals surface area contributed by atoms with Gasteiger partial charge in [-0.3, -0.25) is 19.5 Å². The molecule has 2 aliphatic heterocycles. The summed E-state index contributed by atoms with van der Waals surface area (Å²) in [5.74, 6) is -0.418. The Labute approximate surface area is 231 Å². The first-order chi connectivity index (χ1) is 19.2. The average Bonchev–Trinajstić information content (AvgIpc) is 2.93. The molecule has 2 aliphatic rings. The van der Waals surface area contributed by atoms with Gasteiger partial charge < -0.3 is 20.1 Å². The van der Waals surface area contributed by atoms with Gasteiger partial charge >= 0.3 is 0 Å². The maximum atomic E-state index is 14.6. The minimum absolute atomic E-state index is 0.0454. The average molecular weight is 541 g/mol. The normalized spacial score (nSPS) is 15.8. The SMILES string of the molecule is CC1(C)CN(Cc2ccc3cc(C(=O)Nc4cc(NC(=O)c5ccc6c(c5)OCCO6)ccc4F)ccc3n2)C1. The number of nitrogens with zero attached hydrogens (tertiary/aromatic N) is 2. The van der Waals surface area contributed by atoms with Crippen LogP contribution in [0, 0.1) is 11.2 Å². The van der Waals surface area contributed by atoms with E-state index in [4.69, 9.17) is 14.5 Å². The Kier molecular flexibility index (Phi) is 6.59. The fraction of sp³-hybridized carbons (Fsp3) is 0.258. The van der Waals surface area contributed by atoms with Crippen LogP contribution in [0.25, 0.3) is 10.9 Å². The largest absolute Gasteiger partial charge is 0.486 e. The van der Waals surface area contributed by atoms with E-state index in [1.165, 1.54) is 18.2 Å². The molecular formula is C31H29FN4O4. The number of benzene rings is 3. The predicted molar refractivity (Wildman–Crippen MR) is 151 cm³/mol. The van der Waals surface area contributed by atoms with Gasteiger partial charge in [0.2, 0.25) is 0 Å². The molecule has 204 valence electrons. The number of hydrogen-bond donors (Lipinski definition) is 2. The van der Waals surface area contributed by atoms with Crippen LogP contribution in [-0.4, -0.2) is 48.0 Å². The number of hydrogen-bond acceptors (Lipinski definition) is 6. The Balaban J connectivity index is 1.13. The van der Waals surface area contributed by atoms with Gasteiger partial charge in [0, 0.05) is 41.8 Å². The number of fused-ring (bicyclic) bond motifs is 2. The molecule has 1 aromatic heterocycles. The summed E-state index contributed by atoms with van der Waals surface area (Å²) in [6.45, 7) is 8.26. The summed E-state index contributed by atoms with van der Waals surface area (Å²) >= 11 is 0. The van der Waals surface area contributed by atoms with Crippen LogP contribution in [0.4, 0.5) is 15.8 Å². The fourth-order valence-electron chi connectivity index (χ4n) is 5.18. The molecule has 1 fully saturated rings. The van der Waals surface area contributed by atoms with Crippen molar-refractivity contribution < 1.29 is 23.5 Å². The summed E-state index contributed by atoms with van der Waals surface area (Å²) < 4.78 is 25.6. The van der Waals surface area contributed by atoms with E-state index in [1.807, 2.05) is 12.1 Å². The monoisotopic (exact) mass is 540 g/mol. The molecule has 3 heterocycles. The molecule has 0 bridgehead atoms. The second kappa shape index (κ2) is 10.2. The molecule has 40 heavy (non-hydrogen) atoms. The van der Waals surface area contributed by atoms with Gasteiger partial charge in [0.05, 0.1) is 16.9 Å². The van der Waals surface area contributed by atoms with Crippen molar-refractivity contribution in [3.8, 4) is 11.5 Å². The Morgan fingerprint density at radius 1 is 0.875 bits per heavy atom. The van der Waals surface area contributed by atoms with Crippen LogP contribution in [0.3, 0.4) is 0 Å². The number of nitrogens with one attached hydrogen (secondary N) is 2. The third-order valence-corrected chi connectivity index (χ3v) is 6.97. The van der Waals surface area contributed by atoms with Crippen molar-refractivity contribution in [2.24, 2.45) is 5.41 Å². The summed E-state index contributed by atoms with van der Waals surface area (Å²) in [6.07, 6.45) is 0. The van der Waals surface area contributed by atoms with Crippen LogP contribution in [0.5, 0.6) is 11.5 Å². The maximum absolute atomic E-state index is 14.6. The molecule has 0 unspecified atom stereocenters. The Bertz CT molecular complexity index is 1630. The maximum Gasteiger partial charge on any atom is 0.255 e. The van der Waals surface area contributed by atoms with Crippen LogP contribution in [0.2, 0.25) is 0 Å². The first kappa shape index (κ1) is 25.8. The van der Waals surface area contributed by atoms with Crippen molar-refractivity contribution >= 4 is 34.1 Å². The lowest BCUT2D eigenvalue weighted by Crippen LogP contribution is -2.52. The zero-order valence-electron chi connectivity index (χ0n) is 22.3. The van der Waals surface area contributed by atoms with Gasteiger partial charge in [-0.15, -0.1) is 0 Å². The molecule has 3 aromatic carbocycles. The second-order valence-electron chi connectivity index (χ2n) is 11.0. The zero-order valence-corrected chi connectivity index (χ0v) is 22.3.